The standard InChI is InChI=1S/C14H20N4O2.ClH/c1-14(2)13(20)17(3)6-7-18(14)12(19)8-11-5-4-10(15)9-16-11;/h4-5,9H,6-8,15H2,1-3H3;1H. The fourth-order valence-electron chi connectivity index (χ4n) is 2.44. The Bertz CT molecular complexity index is 530. The zero-order valence-corrected chi connectivity index (χ0v) is 13.3. The van der Waals surface area contributed by atoms with Crippen LogP contribution in [0, 0.1) is 0 Å². The van der Waals surface area contributed by atoms with Gasteiger partial charge in [-0.1, -0.05) is 0 Å². The third-order valence-electron chi connectivity index (χ3n) is 3.68. The fourth-order valence-corrected chi connectivity index (χ4v) is 2.44. The van der Waals surface area contributed by atoms with Gasteiger partial charge in [0.05, 0.1) is 18.3 Å². The molecule has 2 N–H and O–H groups in total. The number of anilines is 1. The largest absolute Gasteiger partial charge is 0.397 e. The number of amides is 2. The van der Waals surface area contributed by atoms with Crippen LogP contribution in [0.1, 0.15) is 19.5 Å². The normalized spacial score (nSPS) is 17.4. The van der Waals surface area contributed by atoms with Crippen LogP contribution in [-0.2, 0) is 16.0 Å². The summed E-state index contributed by atoms with van der Waals surface area (Å²) in [5.74, 6) is -0.129. The summed E-state index contributed by atoms with van der Waals surface area (Å²) in [6.07, 6.45) is 1.71. The summed E-state index contributed by atoms with van der Waals surface area (Å²) in [7, 11) is 1.76. The number of aromatic nitrogens is 1. The molecule has 7 heteroatoms. The molecule has 0 unspecified atom stereocenters. The highest BCUT2D eigenvalue weighted by atomic mass is 35.5. The summed E-state index contributed by atoms with van der Waals surface area (Å²) in [6.45, 7) is 4.66. The molecule has 0 aromatic carbocycles. The van der Waals surface area contributed by atoms with E-state index in [1.54, 1.807) is 42.8 Å². The second-order valence-corrected chi connectivity index (χ2v) is 5.59. The van der Waals surface area contributed by atoms with Crippen LogP contribution < -0.4 is 5.73 Å². The zero-order chi connectivity index (χ0) is 14.9. The Labute approximate surface area is 130 Å². The molecule has 6 nitrogen and oxygen atoms in total. The SMILES string of the molecule is CN1CCN(C(=O)Cc2ccc(N)cn2)C(C)(C)C1=O.Cl. The van der Waals surface area contributed by atoms with Crippen LogP contribution in [0.15, 0.2) is 18.3 Å². The fraction of sp³-hybridized carbons (Fsp3) is 0.500. The van der Waals surface area contributed by atoms with Gasteiger partial charge in [0.2, 0.25) is 11.8 Å². The van der Waals surface area contributed by atoms with E-state index in [-0.39, 0.29) is 30.6 Å². The molecule has 0 spiro atoms. The van der Waals surface area contributed by atoms with Crippen LogP contribution in [0.25, 0.3) is 0 Å². The first-order chi connectivity index (χ1) is 9.32. The summed E-state index contributed by atoms with van der Waals surface area (Å²) in [5.41, 5.74) is 5.99. The molecule has 2 amide bonds. The minimum Gasteiger partial charge on any atom is -0.397 e. The first-order valence-electron chi connectivity index (χ1n) is 6.59. The van der Waals surface area contributed by atoms with Gasteiger partial charge in [-0.2, -0.15) is 0 Å². The number of nitrogens with two attached hydrogens (primary N) is 1. The van der Waals surface area contributed by atoms with Crippen LogP contribution in [0.2, 0.25) is 0 Å². The van der Waals surface area contributed by atoms with Crippen molar-refractivity contribution in [2.75, 3.05) is 25.9 Å². The van der Waals surface area contributed by atoms with Crippen molar-refractivity contribution in [3.8, 4) is 0 Å². The summed E-state index contributed by atoms with van der Waals surface area (Å²) < 4.78 is 0. The first kappa shape index (κ1) is 17.2. The number of likely N-dealkylation sites (N-methyl/N-ethyl adjacent to an activating group) is 1. The molecule has 0 bridgehead atoms. The predicted octanol–water partition coefficient (Wildman–Crippen LogP) is 0.707. The highest BCUT2D eigenvalue weighted by Gasteiger charge is 2.42. The van der Waals surface area contributed by atoms with E-state index < -0.39 is 5.54 Å². The predicted molar refractivity (Wildman–Crippen MR) is 83.0 cm³/mol. The highest BCUT2D eigenvalue weighted by molar-refractivity contribution is 5.92. The molecule has 1 fully saturated rings. The topological polar surface area (TPSA) is 79.5 Å². The molecule has 1 aliphatic rings. The van der Waals surface area contributed by atoms with E-state index in [2.05, 4.69) is 4.98 Å². The molecular weight excluding hydrogens is 292 g/mol. The molecule has 1 aromatic heterocycles. The molecule has 2 heterocycles. The van der Waals surface area contributed by atoms with Gasteiger partial charge in [-0.25, -0.2) is 0 Å². The van der Waals surface area contributed by atoms with Crippen LogP contribution >= 0.6 is 12.4 Å². The first-order valence-corrected chi connectivity index (χ1v) is 6.59. The average molecular weight is 313 g/mol. The van der Waals surface area contributed by atoms with Crippen molar-refractivity contribution in [3.63, 3.8) is 0 Å². The van der Waals surface area contributed by atoms with Crippen molar-refractivity contribution in [1.82, 2.24) is 14.8 Å². The number of carbonyl (C=O) groups excluding carboxylic acids is 2. The van der Waals surface area contributed by atoms with Gasteiger partial charge in [0.1, 0.15) is 5.54 Å². The second-order valence-electron chi connectivity index (χ2n) is 5.59. The lowest BCUT2D eigenvalue weighted by Crippen LogP contribution is -2.63. The number of hydrogen-bond donors (Lipinski definition) is 1. The number of rotatable bonds is 2. The Morgan fingerprint density at radius 3 is 2.62 bits per heavy atom. The lowest BCUT2D eigenvalue weighted by molar-refractivity contribution is -0.156. The Hall–Kier alpha value is -1.82. The monoisotopic (exact) mass is 312 g/mol. The zero-order valence-electron chi connectivity index (χ0n) is 12.5. The second kappa shape index (κ2) is 6.30. The van der Waals surface area contributed by atoms with Gasteiger partial charge in [-0.3, -0.25) is 14.6 Å². The van der Waals surface area contributed by atoms with Gasteiger partial charge in [0.15, 0.2) is 0 Å². The van der Waals surface area contributed by atoms with Gasteiger partial charge >= 0.3 is 0 Å². The minimum atomic E-state index is -0.808. The Balaban J connectivity index is 0.00000220. The van der Waals surface area contributed by atoms with Crippen molar-refractivity contribution in [2.24, 2.45) is 0 Å². The summed E-state index contributed by atoms with van der Waals surface area (Å²) >= 11 is 0. The molecule has 1 aliphatic heterocycles. The third-order valence-corrected chi connectivity index (χ3v) is 3.68. The number of nitrogen functional groups attached to an aromatic ring is 1. The van der Waals surface area contributed by atoms with E-state index in [4.69, 9.17) is 5.73 Å². The summed E-state index contributed by atoms with van der Waals surface area (Å²) in [6, 6.07) is 3.45. The maximum absolute atomic E-state index is 12.4. The van der Waals surface area contributed by atoms with E-state index in [0.717, 1.165) is 0 Å². The van der Waals surface area contributed by atoms with Gasteiger partial charge in [0, 0.05) is 25.8 Å². The molecule has 116 valence electrons. The van der Waals surface area contributed by atoms with Crippen LogP contribution in [0.4, 0.5) is 5.69 Å². The lowest BCUT2D eigenvalue weighted by atomic mass is 9.97. The highest BCUT2D eigenvalue weighted by Crippen LogP contribution is 2.22. The molecule has 2 rings (SSSR count). The Morgan fingerprint density at radius 2 is 2.05 bits per heavy atom. The lowest BCUT2D eigenvalue weighted by Gasteiger charge is -2.44. The quantitative estimate of drug-likeness (QED) is 0.872. The minimum absolute atomic E-state index is 0. The van der Waals surface area contributed by atoms with Crippen molar-refractivity contribution < 1.29 is 9.59 Å². The van der Waals surface area contributed by atoms with Crippen LogP contribution in [0.5, 0.6) is 0 Å². The molecule has 0 aliphatic carbocycles. The third kappa shape index (κ3) is 3.44. The van der Waals surface area contributed by atoms with Crippen molar-refractivity contribution in [2.45, 2.75) is 25.8 Å². The molecular formula is C14H21ClN4O2. The van der Waals surface area contributed by atoms with Gasteiger partial charge < -0.3 is 15.5 Å². The number of nitrogens with zero attached hydrogens (tertiary/aromatic N) is 3. The van der Waals surface area contributed by atoms with E-state index >= 15 is 0 Å². The van der Waals surface area contributed by atoms with Crippen molar-refractivity contribution in [1.29, 1.82) is 0 Å². The molecule has 1 aromatic rings. The van der Waals surface area contributed by atoms with Crippen LogP contribution in [-0.4, -0.2) is 52.3 Å². The number of hydrogen-bond acceptors (Lipinski definition) is 4. The number of piperazine rings is 1. The molecule has 1 saturated heterocycles. The van der Waals surface area contributed by atoms with Gasteiger partial charge in [-0.05, 0) is 26.0 Å². The molecule has 0 radical (unpaired) electrons. The smallest absolute Gasteiger partial charge is 0.247 e. The van der Waals surface area contributed by atoms with Gasteiger partial charge in [0.25, 0.3) is 0 Å². The van der Waals surface area contributed by atoms with Crippen molar-refractivity contribution in [3.05, 3.63) is 24.0 Å². The average Bonchev–Trinajstić information content (AvgIpc) is 2.38. The maximum Gasteiger partial charge on any atom is 0.247 e. The number of halogens is 1. The maximum atomic E-state index is 12.4. The van der Waals surface area contributed by atoms with Crippen LogP contribution in [0.3, 0.4) is 0 Å². The van der Waals surface area contributed by atoms with E-state index in [1.165, 1.54) is 6.20 Å². The summed E-state index contributed by atoms with van der Waals surface area (Å²) in [4.78, 5) is 32.0. The molecule has 0 atom stereocenters. The van der Waals surface area contributed by atoms with Gasteiger partial charge in [-0.15, -0.1) is 12.4 Å². The van der Waals surface area contributed by atoms with E-state index in [1.807, 2.05) is 0 Å². The Kier molecular flexibility index (Phi) is 5.17. The summed E-state index contributed by atoms with van der Waals surface area (Å²) in [5, 5.41) is 0. The van der Waals surface area contributed by atoms with E-state index in [0.29, 0.717) is 24.5 Å². The number of carbonyl (C=O) groups is 2. The molecule has 21 heavy (non-hydrogen) atoms. The molecule has 0 saturated carbocycles. The Morgan fingerprint density at radius 1 is 1.38 bits per heavy atom. The van der Waals surface area contributed by atoms with Crippen molar-refractivity contribution >= 4 is 29.9 Å². The number of pyridine rings is 1. The van der Waals surface area contributed by atoms with E-state index in [9.17, 15) is 9.59 Å².